The van der Waals surface area contributed by atoms with Gasteiger partial charge in [0, 0.05) is 16.1 Å². The lowest BCUT2D eigenvalue weighted by Gasteiger charge is -2.12. The van der Waals surface area contributed by atoms with Gasteiger partial charge >= 0.3 is 6.18 Å². The van der Waals surface area contributed by atoms with Crippen LogP contribution in [0.3, 0.4) is 0 Å². The van der Waals surface area contributed by atoms with E-state index in [0.717, 1.165) is 12.1 Å². The monoisotopic (exact) mass is 341 g/mol. The summed E-state index contributed by atoms with van der Waals surface area (Å²) >= 11 is 5.76. The summed E-state index contributed by atoms with van der Waals surface area (Å²) in [4.78, 5) is 6.92. The molecule has 0 amide bonds. The number of hydrogen-bond acceptors (Lipinski definition) is 3. The van der Waals surface area contributed by atoms with Gasteiger partial charge in [0.25, 0.3) is 0 Å². The maximum atomic E-state index is 13.4. The highest BCUT2D eigenvalue weighted by atomic mass is 35.5. The maximum absolute atomic E-state index is 13.4. The van der Waals surface area contributed by atoms with Gasteiger partial charge in [0.15, 0.2) is 0 Å². The molecule has 3 aromatic rings. The van der Waals surface area contributed by atoms with Crippen LogP contribution in [0.25, 0.3) is 10.9 Å². The third kappa shape index (κ3) is 3.34. The van der Waals surface area contributed by atoms with Crippen LogP contribution in [-0.2, 0) is 6.18 Å². The molecule has 0 aliphatic heterocycles. The molecule has 0 fully saturated rings. The van der Waals surface area contributed by atoms with Crippen LogP contribution >= 0.6 is 11.6 Å². The fourth-order valence-electron chi connectivity index (χ4n) is 1.99. The SMILES string of the molecule is Fc1ccc2nc(C(F)(F)F)nc(Nc3ccc(Cl)cc3)c2c1. The predicted molar refractivity (Wildman–Crippen MR) is 79.2 cm³/mol. The van der Waals surface area contributed by atoms with E-state index in [1.54, 1.807) is 24.3 Å². The Balaban J connectivity index is 2.15. The van der Waals surface area contributed by atoms with Gasteiger partial charge in [-0.1, -0.05) is 11.6 Å². The second kappa shape index (κ2) is 5.66. The summed E-state index contributed by atoms with van der Waals surface area (Å²) in [5.41, 5.74) is 0.456. The molecule has 3 nitrogen and oxygen atoms in total. The topological polar surface area (TPSA) is 37.8 Å². The van der Waals surface area contributed by atoms with Crippen molar-refractivity contribution in [3.05, 3.63) is 59.1 Å². The van der Waals surface area contributed by atoms with Gasteiger partial charge in [0.1, 0.15) is 11.6 Å². The molecule has 1 aromatic heterocycles. The first-order valence-corrected chi connectivity index (χ1v) is 6.78. The quantitative estimate of drug-likeness (QED) is 0.652. The van der Waals surface area contributed by atoms with Crippen molar-refractivity contribution in [3.63, 3.8) is 0 Å². The van der Waals surface area contributed by atoms with E-state index in [1.807, 2.05) is 0 Å². The Morgan fingerprint density at radius 2 is 1.65 bits per heavy atom. The third-order valence-electron chi connectivity index (χ3n) is 3.02. The van der Waals surface area contributed by atoms with Crippen LogP contribution in [0, 0.1) is 5.82 Å². The van der Waals surface area contributed by atoms with E-state index < -0.39 is 17.8 Å². The van der Waals surface area contributed by atoms with Crippen LogP contribution in [0.5, 0.6) is 0 Å². The van der Waals surface area contributed by atoms with Crippen LogP contribution in [0.2, 0.25) is 5.02 Å². The minimum atomic E-state index is -4.71. The van der Waals surface area contributed by atoms with Crippen LogP contribution in [0.15, 0.2) is 42.5 Å². The molecule has 0 saturated carbocycles. The zero-order valence-corrected chi connectivity index (χ0v) is 12.1. The number of anilines is 2. The lowest BCUT2D eigenvalue weighted by molar-refractivity contribution is -0.144. The number of halogens is 5. The van der Waals surface area contributed by atoms with Gasteiger partial charge in [-0.05, 0) is 42.5 Å². The van der Waals surface area contributed by atoms with Crippen LogP contribution in [0.4, 0.5) is 29.1 Å². The van der Waals surface area contributed by atoms with E-state index in [-0.39, 0.29) is 16.7 Å². The van der Waals surface area contributed by atoms with E-state index in [0.29, 0.717) is 10.7 Å². The van der Waals surface area contributed by atoms with Crippen LogP contribution in [0.1, 0.15) is 5.82 Å². The molecular formula is C15H8ClF4N3. The summed E-state index contributed by atoms with van der Waals surface area (Å²) in [5.74, 6) is -2.03. The van der Waals surface area contributed by atoms with Gasteiger partial charge < -0.3 is 5.32 Å². The predicted octanol–water partition coefficient (Wildman–Crippen LogP) is 5.18. The summed E-state index contributed by atoms with van der Waals surface area (Å²) in [6.45, 7) is 0. The Hall–Kier alpha value is -2.41. The Morgan fingerprint density at radius 1 is 0.957 bits per heavy atom. The molecule has 0 unspecified atom stereocenters. The highest BCUT2D eigenvalue weighted by Gasteiger charge is 2.35. The number of nitrogens with one attached hydrogen (secondary N) is 1. The maximum Gasteiger partial charge on any atom is 0.451 e. The smallest absolute Gasteiger partial charge is 0.340 e. The Bertz CT molecular complexity index is 863. The molecule has 23 heavy (non-hydrogen) atoms. The molecule has 0 spiro atoms. The Kier molecular flexibility index (Phi) is 3.81. The molecule has 0 aliphatic rings. The Labute approximate surface area is 132 Å². The number of aromatic nitrogens is 2. The minimum Gasteiger partial charge on any atom is -0.340 e. The molecule has 1 heterocycles. The lowest BCUT2D eigenvalue weighted by atomic mass is 10.2. The molecule has 0 radical (unpaired) electrons. The van der Waals surface area contributed by atoms with E-state index in [2.05, 4.69) is 15.3 Å². The van der Waals surface area contributed by atoms with Crippen molar-refractivity contribution in [2.45, 2.75) is 6.18 Å². The van der Waals surface area contributed by atoms with E-state index >= 15 is 0 Å². The fourth-order valence-corrected chi connectivity index (χ4v) is 2.12. The summed E-state index contributed by atoms with van der Waals surface area (Å²) in [6.07, 6.45) is -4.71. The standard InChI is InChI=1S/C15H8ClF4N3/c16-8-1-4-10(5-2-8)21-13-11-7-9(17)3-6-12(11)22-14(23-13)15(18,19)20/h1-7H,(H,21,22,23). The van der Waals surface area contributed by atoms with Crippen molar-refractivity contribution in [2.24, 2.45) is 0 Å². The molecule has 2 aromatic carbocycles. The number of nitrogens with zero attached hydrogens (tertiary/aromatic N) is 2. The summed E-state index contributed by atoms with van der Waals surface area (Å²) in [5, 5.41) is 3.36. The van der Waals surface area contributed by atoms with Crippen molar-refractivity contribution < 1.29 is 17.6 Å². The zero-order valence-electron chi connectivity index (χ0n) is 11.3. The molecule has 118 valence electrons. The van der Waals surface area contributed by atoms with E-state index in [4.69, 9.17) is 11.6 Å². The van der Waals surface area contributed by atoms with Gasteiger partial charge in [0.05, 0.1) is 5.52 Å². The zero-order chi connectivity index (χ0) is 16.6. The number of benzene rings is 2. The van der Waals surface area contributed by atoms with Gasteiger partial charge in [-0.3, -0.25) is 0 Å². The van der Waals surface area contributed by atoms with Gasteiger partial charge in [-0.25, -0.2) is 14.4 Å². The summed E-state index contributed by atoms with van der Waals surface area (Å²) in [7, 11) is 0. The van der Waals surface area contributed by atoms with Crippen molar-refractivity contribution in [2.75, 3.05) is 5.32 Å². The molecule has 0 saturated heterocycles. The Morgan fingerprint density at radius 3 is 2.30 bits per heavy atom. The summed E-state index contributed by atoms with van der Waals surface area (Å²) in [6, 6.07) is 9.58. The van der Waals surface area contributed by atoms with Gasteiger partial charge in [-0.2, -0.15) is 13.2 Å². The van der Waals surface area contributed by atoms with Crippen molar-refractivity contribution in [3.8, 4) is 0 Å². The molecule has 0 aliphatic carbocycles. The van der Waals surface area contributed by atoms with Crippen LogP contribution in [-0.4, -0.2) is 9.97 Å². The molecule has 1 N–H and O–H groups in total. The van der Waals surface area contributed by atoms with Crippen LogP contribution < -0.4 is 5.32 Å². The first kappa shape index (κ1) is 15.5. The number of alkyl halides is 3. The fraction of sp³-hybridized carbons (Fsp3) is 0.0667. The normalized spacial score (nSPS) is 11.7. The second-order valence-corrected chi connectivity index (χ2v) is 5.12. The molecule has 0 bridgehead atoms. The highest BCUT2D eigenvalue weighted by molar-refractivity contribution is 6.30. The number of hydrogen-bond donors (Lipinski definition) is 1. The number of rotatable bonds is 2. The molecule has 3 rings (SSSR count). The molecule has 0 atom stereocenters. The van der Waals surface area contributed by atoms with E-state index in [9.17, 15) is 17.6 Å². The van der Waals surface area contributed by atoms with Gasteiger partial charge in [-0.15, -0.1) is 0 Å². The molecular weight excluding hydrogens is 334 g/mol. The second-order valence-electron chi connectivity index (χ2n) is 4.69. The summed E-state index contributed by atoms with van der Waals surface area (Å²) < 4.78 is 52.2. The minimum absolute atomic E-state index is 0.00908. The van der Waals surface area contributed by atoms with Gasteiger partial charge in [0.2, 0.25) is 5.82 Å². The largest absolute Gasteiger partial charge is 0.451 e. The average Bonchev–Trinajstić information content (AvgIpc) is 2.49. The third-order valence-corrected chi connectivity index (χ3v) is 3.27. The highest BCUT2D eigenvalue weighted by Crippen LogP contribution is 2.31. The van der Waals surface area contributed by atoms with Crippen molar-refractivity contribution in [1.82, 2.24) is 9.97 Å². The first-order chi connectivity index (χ1) is 10.8. The van der Waals surface area contributed by atoms with Crippen molar-refractivity contribution >= 4 is 34.0 Å². The first-order valence-electron chi connectivity index (χ1n) is 6.40. The average molecular weight is 342 g/mol. The molecule has 8 heteroatoms. The van der Waals surface area contributed by atoms with E-state index in [1.165, 1.54) is 6.07 Å². The lowest BCUT2D eigenvalue weighted by Crippen LogP contribution is -2.12. The van der Waals surface area contributed by atoms with Crippen molar-refractivity contribution in [1.29, 1.82) is 0 Å². The number of fused-ring (bicyclic) bond motifs is 1.